The summed E-state index contributed by atoms with van der Waals surface area (Å²) < 4.78 is 11.2. The Balaban J connectivity index is 1.89. The van der Waals surface area contributed by atoms with E-state index in [9.17, 15) is 9.59 Å². The van der Waals surface area contributed by atoms with Crippen molar-refractivity contribution in [2.24, 2.45) is 5.92 Å². The van der Waals surface area contributed by atoms with Crippen molar-refractivity contribution in [3.63, 3.8) is 0 Å². The molecule has 0 radical (unpaired) electrons. The maximum atomic E-state index is 12.1. The van der Waals surface area contributed by atoms with Crippen LogP contribution in [0.4, 0.5) is 4.79 Å². The molecule has 0 aliphatic carbocycles. The third-order valence-corrected chi connectivity index (χ3v) is 4.04. The van der Waals surface area contributed by atoms with Gasteiger partial charge in [-0.25, -0.2) is 4.79 Å². The van der Waals surface area contributed by atoms with Gasteiger partial charge in [-0.05, 0) is 47.0 Å². The molecule has 2 fully saturated rings. The molecule has 2 aliphatic heterocycles. The van der Waals surface area contributed by atoms with Crippen LogP contribution in [0.25, 0.3) is 0 Å². The summed E-state index contributed by atoms with van der Waals surface area (Å²) in [4.78, 5) is 25.9. The normalized spacial score (nSPS) is 30.6. The van der Waals surface area contributed by atoms with Crippen LogP contribution in [0.5, 0.6) is 0 Å². The second kappa shape index (κ2) is 6.34. The first-order chi connectivity index (χ1) is 9.74. The second-order valence-electron chi connectivity index (χ2n) is 7.22. The highest BCUT2D eigenvalue weighted by molar-refractivity contribution is 5.84. The van der Waals surface area contributed by atoms with Gasteiger partial charge in [0.05, 0.1) is 12.2 Å². The molecular formula is C16H27NO4. The molecule has 2 rings (SSSR count). The quantitative estimate of drug-likeness (QED) is 0.786. The van der Waals surface area contributed by atoms with E-state index in [1.165, 1.54) is 0 Å². The van der Waals surface area contributed by atoms with Crippen LogP contribution >= 0.6 is 0 Å². The van der Waals surface area contributed by atoms with Crippen LogP contribution in [0.15, 0.2) is 0 Å². The molecule has 21 heavy (non-hydrogen) atoms. The summed E-state index contributed by atoms with van der Waals surface area (Å²) in [6.07, 6.45) is 3.34. The molecule has 2 aliphatic rings. The van der Waals surface area contributed by atoms with Gasteiger partial charge in [-0.2, -0.15) is 0 Å². The van der Waals surface area contributed by atoms with Gasteiger partial charge in [0.1, 0.15) is 11.4 Å². The SMILES string of the molecule is CC1CCC(CC2CN(C(=O)OC(C)(C)C)CCC2=O)O1. The van der Waals surface area contributed by atoms with Crippen LogP contribution in [0.3, 0.4) is 0 Å². The van der Waals surface area contributed by atoms with Crippen molar-refractivity contribution in [2.45, 2.75) is 71.2 Å². The van der Waals surface area contributed by atoms with E-state index in [4.69, 9.17) is 9.47 Å². The van der Waals surface area contributed by atoms with Gasteiger partial charge in [0.25, 0.3) is 0 Å². The average Bonchev–Trinajstić information content (AvgIpc) is 2.75. The molecule has 0 saturated carbocycles. The number of ketones is 1. The average molecular weight is 297 g/mol. The van der Waals surface area contributed by atoms with Gasteiger partial charge in [0.2, 0.25) is 0 Å². The number of piperidine rings is 1. The van der Waals surface area contributed by atoms with Crippen molar-refractivity contribution < 1.29 is 19.1 Å². The summed E-state index contributed by atoms with van der Waals surface area (Å²) in [7, 11) is 0. The molecule has 2 saturated heterocycles. The number of ether oxygens (including phenoxy) is 2. The topological polar surface area (TPSA) is 55.8 Å². The molecule has 0 aromatic carbocycles. The Hall–Kier alpha value is -1.10. The molecule has 3 unspecified atom stereocenters. The van der Waals surface area contributed by atoms with E-state index in [-0.39, 0.29) is 30.0 Å². The minimum atomic E-state index is -0.502. The Morgan fingerprint density at radius 1 is 1.38 bits per heavy atom. The van der Waals surface area contributed by atoms with Gasteiger partial charge in [-0.15, -0.1) is 0 Å². The van der Waals surface area contributed by atoms with Crippen molar-refractivity contribution in [1.29, 1.82) is 0 Å². The van der Waals surface area contributed by atoms with Crippen molar-refractivity contribution in [1.82, 2.24) is 4.90 Å². The summed E-state index contributed by atoms with van der Waals surface area (Å²) in [5.74, 6) is 0.138. The summed E-state index contributed by atoms with van der Waals surface area (Å²) in [5.41, 5.74) is -0.502. The largest absolute Gasteiger partial charge is 0.444 e. The molecule has 5 heteroatoms. The predicted molar refractivity (Wildman–Crippen MR) is 79.1 cm³/mol. The third-order valence-electron chi connectivity index (χ3n) is 4.04. The van der Waals surface area contributed by atoms with Crippen LogP contribution in [-0.2, 0) is 14.3 Å². The predicted octanol–water partition coefficient (Wildman–Crippen LogP) is 2.77. The van der Waals surface area contributed by atoms with Gasteiger partial charge in [-0.3, -0.25) is 4.79 Å². The maximum Gasteiger partial charge on any atom is 0.410 e. The molecule has 5 nitrogen and oxygen atoms in total. The lowest BCUT2D eigenvalue weighted by Gasteiger charge is -2.34. The van der Waals surface area contributed by atoms with Crippen molar-refractivity contribution >= 4 is 11.9 Å². The van der Waals surface area contributed by atoms with E-state index in [0.717, 1.165) is 19.3 Å². The van der Waals surface area contributed by atoms with Gasteiger partial charge in [0, 0.05) is 25.4 Å². The third kappa shape index (κ3) is 4.70. The number of nitrogens with zero attached hydrogens (tertiary/aromatic N) is 1. The van der Waals surface area contributed by atoms with Gasteiger partial charge in [0.15, 0.2) is 0 Å². The molecule has 0 N–H and O–H groups in total. The van der Waals surface area contributed by atoms with Crippen LogP contribution in [0.2, 0.25) is 0 Å². The Morgan fingerprint density at radius 3 is 2.67 bits per heavy atom. The van der Waals surface area contributed by atoms with Gasteiger partial charge < -0.3 is 14.4 Å². The molecule has 0 aromatic heterocycles. The van der Waals surface area contributed by atoms with Crippen molar-refractivity contribution in [2.75, 3.05) is 13.1 Å². The van der Waals surface area contributed by atoms with E-state index < -0.39 is 5.60 Å². The number of likely N-dealkylation sites (tertiary alicyclic amines) is 1. The van der Waals surface area contributed by atoms with Gasteiger partial charge >= 0.3 is 6.09 Å². The lowest BCUT2D eigenvalue weighted by molar-refractivity contribution is -0.127. The number of carbonyl (C=O) groups is 2. The molecular weight excluding hydrogens is 270 g/mol. The molecule has 120 valence electrons. The first kappa shape index (κ1) is 16.3. The first-order valence-electron chi connectivity index (χ1n) is 7.90. The smallest absolute Gasteiger partial charge is 0.410 e. The van der Waals surface area contributed by atoms with E-state index in [0.29, 0.717) is 19.5 Å². The summed E-state index contributed by atoms with van der Waals surface area (Å²) in [5, 5.41) is 0. The van der Waals surface area contributed by atoms with Crippen LogP contribution in [0, 0.1) is 5.92 Å². The van der Waals surface area contributed by atoms with E-state index in [2.05, 4.69) is 6.92 Å². The zero-order valence-corrected chi connectivity index (χ0v) is 13.6. The van der Waals surface area contributed by atoms with E-state index in [1.54, 1.807) is 4.90 Å². The zero-order valence-electron chi connectivity index (χ0n) is 13.6. The highest BCUT2D eigenvalue weighted by Gasteiger charge is 2.35. The fraction of sp³-hybridized carbons (Fsp3) is 0.875. The molecule has 0 spiro atoms. The Morgan fingerprint density at radius 2 is 2.10 bits per heavy atom. The Kier molecular flexibility index (Phi) is 4.91. The highest BCUT2D eigenvalue weighted by Crippen LogP contribution is 2.28. The fourth-order valence-electron chi connectivity index (χ4n) is 2.98. The van der Waals surface area contributed by atoms with E-state index >= 15 is 0 Å². The Labute approximate surface area is 127 Å². The molecule has 0 bridgehead atoms. The van der Waals surface area contributed by atoms with Crippen molar-refractivity contribution in [3.8, 4) is 0 Å². The summed E-state index contributed by atoms with van der Waals surface area (Å²) >= 11 is 0. The minimum absolute atomic E-state index is 0.110. The molecule has 0 aromatic rings. The van der Waals surface area contributed by atoms with Crippen LogP contribution in [-0.4, -0.2) is 47.7 Å². The number of Topliss-reactive ketones (excluding diaryl/α,β-unsaturated/α-hetero) is 1. The molecule has 2 heterocycles. The van der Waals surface area contributed by atoms with Crippen LogP contribution < -0.4 is 0 Å². The van der Waals surface area contributed by atoms with Crippen molar-refractivity contribution in [3.05, 3.63) is 0 Å². The zero-order chi connectivity index (χ0) is 15.6. The maximum absolute atomic E-state index is 12.1. The summed E-state index contributed by atoms with van der Waals surface area (Å²) in [6.45, 7) is 8.55. The minimum Gasteiger partial charge on any atom is -0.444 e. The molecule has 3 atom stereocenters. The first-order valence-corrected chi connectivity index (χ1v) is 7.90. The number of carbonyl (C=O) groups excluding carboxylic acids is 2. The second-order valence-corrected chi connectivity index (χ2v) is 7.22. The number of hydrogen-bond acceptors (Lipinski definition) is 4. The number of hydrogen-bond donors (Lipinski definition) is 0. The highest BCUT2D eigenvalue weighted by atomic mass is 16.6. The lowest BCUT2D eigenvalue weighted by atomic mass is 9.90. The standard InChI is InChI=1S/C16H27NO4/c1-11-5-6-13(20-11)9-12-10-17(8-7-14(12)18)15(19)21-16(2,3)4/h11-13H,5-10H2,1-4H3. The van der Waals surface area contributed by atoms with E-state index in [1.807, 2.05) is 20.8 Å². The lowest BCUT2D eigenvalue weighted by Crippen LogP contribution is -2.46. The molecule has 1 amide bonds. The Bertz CT molecular complexity index is 402. The monoisotopic (exact) mass is 297 g/mol. The van der Waals surface area contributed by atoms with Crippen LogP contribution in [0.1, 0.15) is 53.4 Å². The fourth-order valence-corrected chi connectivity index (χ4v) is 2.98. The summed E-state index contributed by atoms with van der Waals surface area (Å²) in [6, 6.07) is 0. The number of rotatable bonds is 2. The van der Waals surface area contributed by atoms with Gasteiger partial charge in [-0.1, -0.05) is 0 Å². The number of amides is 1.